The molecule has 0 aliphatic heterocycles. The van der Waals surface area contributed by atoms with Crippen molar-refractivity contribution >= 4 is 33.5 Å². The molecule has 2 aromatic heterocycles. The highest BCUT2D eigenvalue weighted by Gasteiger charge is 2.14. The zero-order valence-electron chi connectivity index (χ0n) is 15.2. The number of fused-ring (bicyclic) bond motifs is 2. The van der Waals surface area contributed by atoms with Crippen LogP contribution in [0.5, 0.6) is 0 Å². The van der Waals surface area contributed by atoms with E-state index in [2.05, 4.69) is 15.5 Å². The van der Waals surface area contributed by atoms with Crippen molar-refractivity contribution in [3.8, 4) is 0 Å². The molecule has 0 saturated carbocycles. The third kappa shape index (κ3) is 3.02. The molecule has 0 spiro atoms. The molecule has 3 aromatic carbocycles. The predicted molar refractivity (Wildman–Crippen MR) is 109 cm³/mol. The van der Waals surface area contributed by atoms with Gasteiger partial charge in [0.15, 0.2) is 5.43 Å². The molecule has 29 heavy (non-hydrogen) atoms. The summed E-state index contributed by atoms with van der Waals surface area (Å²) < 4.78 is 21.5. The van der Waals surface area contributed by atoms with Crippen molar-refractivity contribution in [2.24, 2.45) is 0 Å². The van der Waals surface area contributed by atoms with Gasteiger partial charge in [0.1, 0.15) is 12.4 Å². The monoisotopic (exact) mass is 386 g/mol. The lowest BCUT2D eigenvalue weighted by molar-refractivity contribution is 0.496. The Morgan fingerprint density at radius 2 is 1.48 bits per heavy atom. The summed E-state index contributed by atoms with van der Waals surface area (Å²) in [7, 11) is 0. The molecule has 2 heterocycles. The summed E-state index contributed by atoms with van der Waals surface area (Å²) in [4.78, 5) is 12.8. The summed E-state index contributed by atoms with van der Waals surface area (Å²) in [6, 6.07) is 21.2. The molecule has 0 unspecified atom stereocenters. The van der Waals surface area contributed by atoms with Crippen molar-refractivity contribution in [3.63, 3.8) is 0 Å². The fourth-order valence-corrected chi connectivity index (χ4v) is 3.43. The highest BCUT2D eigenvalue weighted by molar-refractivity contribution is 5.93. The molecule has 1 N–H and O–H groups in total. The van der Waals surface area contributed by atoms with E-state index in [1.165, 1.54) is 6.07 Å². The van der Waals surface area contributed by atoms with Crippen LogP contribution in [0.3, 0.4) is 0 Å². The van der Waals surface area contributed by atoms with E-state index in [4.69, 9.17) is 4.42 Å². The van der Waals surface area contributed by atoms with Crippen molar-refractivity contribution < 1.29 is 8.81 Å². The van der Waals surface area contributed by atoms with Gasteiger partial charge in [-0.25, -0.2) is 4.39 Å². The normalized spacial score (nSPS) is 11.2. The second kappa shape index (κ2) is 6.87. The van der Waals surface area contributed by atoms with E-state index in [9.17, 15) is 9.18 Å². The minimum Gasteiger partial charge on any atom is -0.406 e. The van der Waals surface area contributed by atoms with Gasteiger partial charge >= 0.3 is 6.01 Å². The average molecular weight is 386 g/mol. The van der Waals surface area contributed by atoms with Crippen LogP contribution in [0.2, 0.25) is 0 Å². The van der Waals surface area contributed by atoms with Crippen LogP contribution in [-0.4, -0.2) is 14.8 Å². The molecule has 6 nitrogen and oxygen atoms in total. The van der Waals surface area contributed by atoms with Gasteiger partial charge in [-0.15, -0.1) is 5.10 Å². The standard InChI is InChI=1S/C22H15FN4O2/c23-16-9-3-4-10-17(16)24-22-26-25-20(29-22)13-27-18-11-5-1-7-14(18)21(28)15-8-2-6-12-19(15)27/h1-12H,13H2,(H,24,26). The van der Waals surface area contributed by atoms with Gasteiger partial charge in [-0.2, -0.15) is 0 Å². The lowest BCUT2D eigenvalue weighted by atomic mass is 10.1. The molecule has 0 atom stereocenters. The molecule has 5 rings (SSSR count). The maximum absolute atomic E-state index is 13.8. The number of aromatic nitrogens is 3. The molecule has 0 radical (unpaired) electrons. The van der Waals surface area contributed by atoms with Gasteiger partial charge in [0.2, 0.25) is 5.89 Å². The molecule has 0 amide bonds. The molecular weight excluding hydrogens is 371 g/mol. The van der Waals surface area contributed by atoms with Crippen molar-refractivity contribution in [3.05, 3.63) is 94.7 Å². The lowest BCUT2D eigenvalue weighted by Crippen LogP contribution is -2.12. The first-order chi connectivity index (χ1) is 14.2. The summed E-state index contributed by atoms with van der Waals surface area (Å²) in [6.07, 6.45) is 0. The Kier molecular flexibility index (Phi) is 4.05. The van der Waals surface area contributed by atoms with Crippen molar-refractivity contribution in [2.45, 2.75) is 6.54 Å². The Labute approximate surface area is 164 Å². The highest BCUT2D eigenvalue weighted by atomic mass is 19.1. The Bertz CT molecular complexity index is 1350. The number of nitrogens with zero attached hydrogens (tertiary/aromatic N) is 3. The van der Waals surface area contributed by atoms with Gasteiger partial charge in [0.05, 0.1) is 16.7 Å². The molecule has 7 heteroatoms. The average Bonchev–Trinajstić information content (AvgIpc) is 3.20. The summed E-state index contributed by atoms with van der Waals surface area (Å²) in [5.41, 5.74) is 1.79. The zero-order valence-corrected chi connectivity index (χ0v) is 15.2. The quantitative estimate of drug-likeness (QED) is 0.462. The third-order valence-electron chi connectivity index (χ3n) is 4.75. The summed E-state index contributed by atoms with van der Waals surface area (Å²) in [5, 5.41) is 12.1. The zero-order chi connectivity index (χ0) is 19.8. The van der Waals surface area contributed by atoms with Gasteiger partial charge in [-0.05, 0) is 36.4 Å². The summed E-state index contributed by atoms with van der Waals surface area (Å²) >= 11 is 0. The van der Waals surface area contributed by atoms with Crippen LogP contribution in [0.1, 0.15) is 5.89 Å². The van der Waals surface area contributed by atoms with E-state index >= 15 is 0 Å². The second-order valence-corrected chi connectivity index (χ2v) is 6.56. The Hall–Kier alpha value is -4.00. The lowest BCUT2D eigenvalue weighted by Gasteiger charge is -2.13. The number of hydrogen-bond acceptors (Lipinski definition) is 5. The highest BCUT2D eigenvalue weighted by Crippen LogP contribution is 2.22. The number of nitrogens with one attached hydrogen (secondary N) is 1. The third-order valence-corrected chi connectivity index (χ3v) is 4.75. The fraction of sp³-hybridized carbons (Fsp3) is 0.0455. The molecule has 0 aliphatic rings. The van der Waals surface area contributed by atoms with E-state index in [0.29, 0.717) is 16.7 Å². The first-order valence-corrected chi connectivity index (χ1v) is 9.05. The number of benzene rings is 3. The van der Waals surface area contributed by atoms with Crippen LogP contribution in [0.25, 0.3) is 21.8 Å². The van der Waals surface area contributed by atoms with Crippen LogP contribution < -0.4 is 10.7 Å². The fourth-order valence-electron chi connectivity index (χ4n) is 3.43. The topological polar surface area (TPSA) is 73.0 Å². The number of rotatable bonds is 4. The summed E-state index contributed by atoms with van der Waals surface area (Å²) in [5.74, 6) is -0.0764. The number of halogens is 1. The number of pyridine rings is 1. The smallest absolute Gasteiger partial charge is 0.320 e. The Balaban J connectivity index is 1.57. The van der Waals surface area contributed by atoms with Crippen LogP contribution in [0.4, 0.5) is 16.1 Å². The number of anilines is 2. The van der Waals surface area contributed by atoms with Gasteiger partial charge in [-0.3, -0.25) is 4.79 Å². The number of para-hydroxylation sites is 3. The van der Waals surface area contributed by atoms with Gasteiger partial charge in [-0.1, -0.05) is 41.5 Å². The molecule has 5 aromatic rings. The first kappa shape index (κ1) is 17.1. The van der Waals surface area contributed by atoms with E-state index in [1.807, 2.05) is 41.0 Å². The van der Waals surface area contributed by atoms with Crippen LogP contribution in [0, 0.1) is 5.82 Å². The number of hydrogen-bond donors (Lipinski definition) is 1. The van der Waals surface area contributed by atoms with E-state index in [1.54, 1.807) is 30.3 Å². The minimum atomic E-state index is -0.412. The first-order valence-electron chi connectivity index (χ1n) is 9.05. The van der Waals surface area contributed by atoms with Crippen molar-refractivity contribution in [1.29, 1.82) is 0 Å². The van der Waals surface area contributed by atoms with Gasteiger partial charge < -0.3 is 14.3 Å². The Morgan fingerprint density at radius 3 is 2.17 bits per heavy atom. The molecular formula is C22H15FN4O2. The molecule has 0 fully saturated rings. The van der Waals surface area contributed by atoms with E-state index in [0.717, 1.165) is 11.0 Å². The molecule has 0 aliphatic carbocycles. The van der Waals surface area contributed by atoms with Crippen molar-refractivity contribution in [2.75, 3.05) is 5.32 Å². The Morgan fingerprint density at radius 1 is 0.862 bits per heavy atom. The molecule has 142 valence electrons. The minimum absolute atomic E-state index is 0.0140. The van der Waals surface area contributed by atoms with Crippen LogP contribution >= 0.6 is 0 Å². The van der Waals surface area contributed by atoms with Crippen LogP contribution in [0.15, 0.2) is 82.0 Å². The molecule has 0 bridgehead atoms. The van der Waals surface area contributed by atoms with Crippen LogP contribution in [-0.2, 0) is 6.54 Å². The largest absolute Gasteiger partial charge is 0.406 e. The predicted octanol–water partition coefficient (Wildman–Crippen LogP) is 4.47. The van der Waals surface area contributed by atoms with E-state index in [-0.39, 0.29) is 23.7 Å². The maximum Gasteiger partial charge on any atom is 0.320 e. The van der Waals surface area contributed by atoms with Crippen molar-refractivity contribution in [1.82, 2.24) is 14.8 Å². The molecule has 0 saturated heterocycles. The van der Waals surface area contributed by atoms with Gasteiger partial charge in [0, 0.05) is 10.8 Å². The maximum atomic E-state index is 13.8. The second-order valence-electron chi connectivity index (χ2n) is 6.56. The van der Waals surface area contributed by atoms with E-state index < -0.39 is 5.82 Å². The SMILES string of the molecule is O=c1c2ccccc2n(Cc2nnc(Nc3ccccc3F)o2)c2ccccc12. The van der Waals surface area contributed by atoms with Gasteiger partial charge in [0.25, 0.3) is 0 Å². The summed E-state index contributed by atoms with van der Waals surface area (Å²) in [6.45, 7) is 0.271.